The Morgan fingerprint density at radius 1 is 1.27 bits per heavy atom. The van der Waals surface area contributed by atoms with Crippen molar-refractivity contribution >= 4 is 17.6 Å². The first kappa shape index (κ1) is 18.2. The number of dihydropyridines is 1. The van der Waals surface area contributed by atoms with Gasteiger partial charge in [0.05, 0.1) is 12.4 Å². The van der Waals surface area contributed by atoms with E-state index in [4.69, 9.17) is 5.73 Å². The summed E-state index contributed by atoms with van der Waals surface area (Å²) in [5.74, 6) is -0.407. The van der Waals surface area contributed by atoms with Gasteiger partial charge in [0.15, 0.2) is 0 Å². The van der Waals surface area contributed by atoms with Crippen LogP contribution in [-0.2, 0) is 0 Å². The minimum atomic E-state index is -2.93. The third-order valence-corrected chi connectivity index (χ3v) is 4.21. The molecule has 5 nitrogen and oxygen atoms in total. The smallest absolute Gasteiger partial charge is 0.387 e. The number of allylic oxidation sites excluding steroid dienone is 2. The Morgan fingerprint density at radius 2 is 2.08 bits per heavy atom. The molecule has 0 amide bonds. The van der Waals surface area contributed by atoms with Crippen molar-refractivity contribution in [3.8, 4) is 5.75 Å². The summed E-state index contributed by atoms with van der Waals surface area (Å²) in [4.78, 5) is 12.6. The molecule has 0 saturated heterocycles. The van der Waals surface area contributed by atoms with Crippen LogP contribution in [0.5, 0.6) is 5.75 Å². The van der Waals surface area contributed by atoms with Crippen LogP contribution in [0.15, 0.2) is 45.9 Å². The van der Waals surface area contributed by atoms with Crippen LogP contribution < -0.4 is 10.5 Å². The third-order valence-electron chi connectivity index (χ3n) is 4.21. The number of hydrogen-bond donors (Lipinski definition) is 1. The topological polar surface area (TPSA) is 72.9 Å². The number of halogens is 3. The summed E-state index contributed by atoms with van der Waals surface area (Å²) in [5, 5.41) is 0. The van der Waals surface area contributed by atoms with Gasteiger partial charge in [0.1, 0.15) is 17.7 Å². The summed E-state index contributed by atoms with van der Waals surface area (Å²) in [5.41, 5.74) is 8.92. The third kappa shape index (κ3) is 4.50. The van der Waals surface area contributed by atoms with Crippen molar-refractivity contribution in [1.29, 1.82) is 0 Å². The monoisotopic (exact) mass is 364 g/mol. The number of pyridine rings is 1. The van der Waals surface area contributed by atoms with Crippen molar-refractivity contribution in [2.45, 2.75) is 44.9 Å². The SMILES string of the molecule is N/C(=C1/CCCC/C1=N\C1CC=C(F)C=N1)c1cncc(OC(F)F)c1. The van der Waals surface area contributed by atoms with Crippen LogP contribution in [0.25, 0.3) is 5.70 Å². The highest BCUT2D eigenvalue weighted by Gasteiger charge is 2.20. The van der Waals surface area contributed by atoms with Gasteiger partial charge in [0, 0.05) is 29.6 Å². The van der Waals surface area contributed by atoms with Crippen LogP contribution in [0.2, 0.25) is 0 Å². The predicted octanol–water partition coefficient (Wildman–Crippen LogP) is 4.02. The van der Waals surface area contributed by atoms with Crippen LogP contribution in [0.4, 0.5) is 13.2 Å². The fraction of sp³-hybridized carbons (Fsp3) is 0.389. The average Bonchev–Trinajstić information content (AvgIpc) is 2.63. The quantitative estimate of drug-likeness (QED) is 0.877. The van der Waals surface area contributed by atoms with E-state index in [1.54, 1.807) is 0 Å². The van der Waals surface area contributed by atoms with E-state index in [1.807, 2.05) is 0 Å². The fourth-order valence-electron chi connectivity index (χ4n) is 2.98. The Bertz CT molecular complexity index is 786. The van der Waals surface area contributed by atoms with Gasteiger partial charge in [-0.2, -0.15) is 8.78 Å². The predicted molar refractivity (Wildman–Crippen MR) is 94.0 cm³/mol. The van der Waals surface area contributed by atoms with E-state index in [0.29, 0.717) is 17.7 Å². The first-order chi connectivity index (χ1) is 12.5. The van der Waals surface area contributed by atoms with Gasteiger partial charge in [0.25, 0.3) is 0 Å². The van der Waals surface area contributed by atoms with Gasteiger partial charge in [0.2, 0.25) is 0 Å². The van der Waals surface area contributed by atoms with Crippen molar-refractivity contribution in [3.05, 3.63) is 41.5 Å². The van der Waals surface area contributed by atoms with E-state index in [0.717, 1.165) is 37.0 Å². The maximum absolute atomic E-state index is 13.1. The second-order valence-corrected chi connectivity index (χ2v) is 6.05. The maximum Gasteiger partial charge on any atom is 0.387 e. The zero-order chi connectivity index (χ0) is 18.5. The highest BCUT2D eigenvalue weighted by molar-refractivity contribution is 6.06. The molecule has 1 aliphatic carbocycles. The minimum absolute atomic E-state index is 0.0483. The van der Waals surface area contributed by atoms with E-state index < -0.39 is 6.61 Å². The van der Waals surface area contributed by atoms with Crippen LogP contribution >= 0.6 is 0 Å². The molecule has 1 atom stereocenters. The zero-order valence-corrected chi connectivity index (χ0v) is 14.0. The van der Waals surface area contributed by atoms with E-state index in [2.05, 4.69) is 19.7 Å². The lowest BCUT2D eigenvalue weighted by Gasteiger charge is -2.21. The van der Waals surface area contributed by atoms with Gasteiger partial charge in [-0.1, -0.05) is 0 Å². The van der Waals surface area contributed by atoms with Gasteiger partial charge in [-0.25, -0.2) is 4.39 Å². The largest absolute Gasteiger partial charge is 0.433 e. The van der Waals surface area contributed by atoms with Crippen LogP contribution in [0, 0.1) is 0 Å². The highest BCUT2D eigenvalue weighted by atomic mass is 19.3. The number of nitrogens with zero attached hydrogens (tertiary/aromatic N) is 3. The lowest BCUT2D eigenvalue weighted by Crippen LogP contribution is -2.18. The van der Waals surface area contributed by atoms with Crippen molar-refractivity contribution in [1.82, 2.24) is 4.98 Å². The summed E-state index contributed by atoms with van der Waals surface area (Å²) in [6, 6.07) is 1.44. The van der Waals surface area contributed by atoms with Crippen molar-refractivity contribution in [2.24, 2.45) is 15.7 Å². The molecule has 0 radical (unpaired) electrons. The molecule has 2 heterocycles. The molecule has 2 N–H and O–H groups in total. The maximum atomic E-state index is 13.1. The molecular weight excluding hydrogens is 345 g/mol. The molecular formula is C18H19F3N4O. The number of aliphatic imine (C=N–C) groups is 2. The normalized spacial score (nSPS) is 23.9. The zero-order valence-electron chi connectivity index (χ0n) is 14.0. The lowest BCUT2D eigenvalue weighted by atomic mass is 9.89. The van der Waals surface area contributed by atoms with E-state index in [9.17, 15) is 13.2 Å². The number of nitrogens with two attached hydrogens (primary N) is 1. The van der Waals surface area contributed by atoms with Crippen LogP contribution in [0.1, 0.15) is 37.7 Å². The molecule has 0 aromatic carbocycles. The molecule has 0 bridgehead atoms. The van der Waals surface area contributed by atoms with Gasteiger partial charge < -0.3 is 10.5 Å². The minimum Gasteiger partial charge on any atom is -0.433 e. The molecule has 0 spiro atoms. The second-order valence-electron chi connectivity index (χ2n) is 6.05. The molecule has 138 valence electrons. The number of rotatable bonds is 4. The molecule has 1 aliphatic heterocycles. The number of ether oxygens (including phenoxy) is 1. The first-order valence-corrected chi connectivity index (χ1v) is 8.37. The molecule has 1 fully saturated rings. The molecule has 1 aromatic heterocycles. The van der Waals surface area contributed by atoms with Gasteiger partial charge in [-0.05, 0) is 43.4 Å². The lowest BCUT2D eigenvalue weighted by molar-refractivity contribution is -0.0500. The van der Waals surface area contributed by atoms with Gasteiger partial charge >= 0.3 is 6.61 Å². The van der Waals surface area contributed by atoms with Crippen molar-refractivity contribution in [2.75, 3.05) is 0 Å². The summed E-state index contributed by atoms with van der Waals surface area (Å²) < 4.78 is 42.2. The molecule has 1 saturated carbocycles. The van der Waals surface area contributed by atoms with E-state index >= 15 is 0 Å². The molecule has 1 unspecified atom stereocenters. The van der Waals surface area contributed by atoms with Crippen molar-refractivity contribution < 1.29 is 17.9 Å². The number of hydrogen-bond acceptors (Lipinski definition) is 5. The fourth-order valence-corrected chi connectivity index (χ4v) is 2.98. The Labute approximate surface area is 149 Å². The number of aromatic nitrogens is 1. The first-order valence-electron chi connectivity index (χ1n) is 8.37. The number of alkyl halides is 2. The van der Waals surface area contributed by atoms with E-state index in [1.165, 1.54) is 30.8 Å². The van der Waals surface area contributed by atoms with Crippen LogP contribution in [0.3, 0.4) is 0 Å². The second kappa shape index (κ2) is 8.16. The highest BCUT2D eigenvalue weighted by Crippen LogP contribution is 2.29. The Hall–Kier alpha value is -2.64. The van der Waals surface area contributed by atoms with Crippen molar-refractivity contribution in [3.63, 3.8) is 0 Å². The summed E-state index contributed by atoms with van der Waals surface area (Å²) >= 11 is 0. The molecule has 8 heteroatoms. The van der Waals surface area contributed by atoms with E-state index in [-0.39, 0.29) is 17.7 Å². The van der Waals surface area contributed by atoms with Gasteiger partial charge in [-0.15, -0.1) is 0 Å². The average molecular weight is 364 g/mol. The molecule has 1 aromatic rings. The summed E-state index contributed by atoms with van der Waals surface area (Å²) in [6.45, 7) is -2.93. The Kier molecular flexibility index (Phi) is 5.70. The summed E-state index contributed by atoms with van der Waals surface area (Å²) in [6.07, 6.45) is 8.77. The molecule has 26 heavy (non-hydrogen) atoms. The molecule has 2 aliphatic rings. The summed E-state index contributed by atoms with van der Waals surface area (Å²) in [7, 11) is 0. The van der Waals surface area contributed by atoms with Crippen LogP contribution in [-0.4, -0.2) is 29.7 Å². The Morgan fingerprint density at radius 3 is 2.81 bits per heavy atom. The van der Waals surface area contributed by atoms with Gasteiger partial charge in [-0.3, -0.25) is 15.0 Å². The Balaban J connectivity index is 1.89. The standard InChI is InChI=1S/C18H19F3N4O/c19-12-5-6-16(24-9-12)25-15-4-2-1-3-14(15)17(22)11-7-13(10-23-8-11)26-18(20)21/h5,7-10,16,18H,1-4,6,22H2/b17-14-,25-15+. The molecule has 3 rings (SSSR count).